The van der Waals surface area contributed by atoms with Crippen molar-refractivity contribution in [3.05, 3.63) is 29.6 Å². The molecule has 0 fully saturated rings. The van der Waals surface area contributed by atoms with E-state index in [0.29, 0.717) is 13.2 Å². The predicted molar refractivity (Wildman–Crippen MR) is 81.2 cm³/mol. The van der Waals surface area contributed by atoms with Crippen LogP contribution in [0, 0.1) is 17.7 Å². The zero-order valence-corrected chi connectivity index (χ0v) is 12.3. The minimum Gasteiger partial charge on any atom is -0.490 e. The number of ether oxygens (including phenoxy) is 1. The Bertz CT molecular complexity index is 448. The summed E-state index contributed by atoms with van der Waals surface area (Å²) in [5, 5.41) is 0. The van der Waals surface area contributed by atoms with Crippen LogP contribution in [0.3, 0.4) is 0 Å². The smallest absolute Gasteiger partial charge is 0.165 e. The molecule has 0 aliphatic rings. The van der Waals surface area contributed by atoms with Gasteiger partial charge in [0, 0.05) is 5.56 Å². The van der Waals surface area contributed by atoms with Crippen molar-refractivity contribution in [1.82, 2.24) is 0 Å². The van der Waals surface area contributed by atoms with Crippen LogP contribution < -0.4 is 10.5 Å². The number of hydrogen-bond donors (Lipinski definition) is 1. The first kappa shape index (κ1) is 16.5. The fraction of sp³-hybridized carbons (Fsp3) is 0.529. The number of rotatable bonds is 8. The van der Waals surface area contributed by atoms with Gasteiger partial charge >= 0.3 is 0 Å². The molecule has 1 aromatic rings. The maximum absolute atomic E-state index is 13.6. The Morgan fingerprint density at radius 3 is 2.65 bits per heavy atom. The Morgan fingerprint density at radius 1 is 1.15 bits per heavy atom. The van der Waals surface area contributed by atoms with Gasteiger partial charge in [-0.25, -0.2) is 4.39 Å². The van der Waals surface area contributed by atoms with Gasteiger partial charge in [-0.3, -0.25) is 0 Å². The van der Waals surface area contributed by atoms with Crippen molar-refractivity contribution in [2.75, 3.05) is 13.2 Å². The van der Waals surface area contributed by atoms with Gasteiger partial charge in [-0.1, -0.05) is 50.9 Å². The Morgan fingerprint density at radius 2 is 1.90 bits per heavy atom. The van der Waals surface area contributed by atoms with Crippen LogP contribution in [0.5, 0.6) is 5.75 Å². The van der Waals surface area contributed by atoms with Crippen molar-refractivity contribution in [3.63, 3.8) is 0 Å². The van der Waals surface area contributed by atoms with Gasteiger partial charge in [0.2, 0.25) is 0 Å². The quantitative estimate of drug-likeness (QED) is 0.578. The molecule has 0 spiro atoms. The lowest BCUT2D eigenvalue weighted by atomic mass is 10.1. The van der Waals surface area contributed by atoms with Gasteiger partial charge < -0.3 is 10.5 Å². The predicted octanol–water partition coefficient (Wildman–Crippen LogP) is 3.88. The number of nitrogens with two attached hydrogens (primary N) is 1. The second-order valence-electron chi connectivity index (χ2n) is 4.77. The van der Waals surface area contributed by atoms with Crippen molar-refractivity contribution < 1.29 is 9.13 Å². The van der Waals surface area contributed by atoms with Crippen LogP contribution in [0.1, 0.15) is 51.0 Å². The maximum atomic E-state index is 13.6. The molecule has 0 heterocycles. The van der Waals surface area contributed by atoms with Crippen molar-refractivity contribution in [3.8, 4) is 17.6 Å². The van der Waals surface area contributed by atoms with Crippen LogP contribution >= 0.6 is 0 Å². The summed E-state index contributed by atoms with van der Waals surface area (Å²) >= 11 is 0. The lowest BCUT2D eigenvalue weighted by Gasteiger charge is -2.07. The molecular formula is C17H24FNO. The molecule has 2 N–H and O–H groups in total. The number of halogens is 1. The lowest BCUT2D eigenvalue weighted by molar-refractivity contribution is 0.290. The standard InChI is InChI=1S/C17H24FNO/c1-2-3-4-5-6-7-13-20-17-14-15(9-8-12-19)10-11-16(17)18/h10-11,14H,2-7,12-13,19H2,1H3. The molecule has 0 aliphatic carbocycles. The fourth-order valence-corrected chi connectivity index (χ4v) is 1.91. The van der Waals surface area contributed by atoms with Gasteiger partial charge in [-0.2, -0.15) is 0 Å². The molecule has 0 aromatic heterocycles. The fourth-order valence-electron chi connectivity index (χ4n) is 1.91. The second-order valence-corrected chi connectivity index (χ2v) is 4.77. The zero-order chi connectivity index (χ0) is 14.6. The van der Waals surface area contributed by atoms with Gasteiger partial charge in [0.25, 0.3) is 0 Å². The third-order valence-corrected chi connectivity index (χ3v) is 3.02. The Labute approximate surface area is 121 Å². The minimum atomic E-state index is -0.339. The molecule has 0 unspecified atom stereocenters. The Balaban J connectivity index is 2.35. The number of benzene rings is 1. The molecule has 0 amide bonds. The normalized spacial score (nSPS) is 9.95. The van der Waals surface area contributed by atoms with Gasteiger partial charge in [0.15, 0.2) is 11.6 Å². The van der Waals surface area contributed by atoms with E-state index >= 15 is 0 Å². The third-order valence-electron chi connectivity index (χ3n) is 3.02. The largest absolute Gasteiger partial charge is 0.490 e. The van der Waals surface area contributed by atoms with E-state index in [1.54, 1.807) is 12.1 Å². The minimum absolute atomic E-state index is 0.280. The SMILES string of the molecule is CCCCCCCCOc1cc(C#CCN)ccc1F. The molecule has 110 valence electrons. The average molecular weight is 277 g/mol. The van der Waals surface area contributed by atoms with E-state index in [2.05, 4.69) is 18.8 Å². The molecule has 0 aliphatic heterocycles. The summed E-state index contributed by atoms with van der Waals surface area (Å²) in [6, 6.07) is 4.65. The summed E-state index contributed by atoms with van der Waals surface area (Å²) in [7, 11) is 0. The molecule has 3 heteroatoms. The van der Waals surface area contributed by atoms with Crippen molar-refractivity contribution in [2.24, 2.45) is 5.73 Å². The first-order chi connectivity index (χ1) is 9.77. The molecule has 0 saturated heterocycles. The summed E-state index contributed by atoms with van der Waals surface area (Å²) in [4.78, 5) is 0. The summed E-state index contributed by atoms with van der Waals surface area (Å²) in [5.41, 5.74) is 6.04. The Kier molecular flexibility index (Phi) is 8.49. The van der Waals surface area contributed by atoms with E-state index in [-0.39, 0.29) is 11.6 Å². The van der Waals surface area contributed by atoms with Crippen LogP contribution in [0.25, 0.3) is 0 Å². The first-order valence-corrected chi connectivity index (χ1v) is 7.39. The summed E-state index contributed by atoms with van der Waals surface area (Å²) in [6.45, 7) is 3.05. The topological polar surface area (TPSA) is 35.2 Å². The highest BCUT2D eigenvalue weighted by molar-refractivity contribution is 5.40. The third kappa shape index (κ3) is 6.58. The maximum Gasteiger partial charge on any atom is 0.165 e. The molecule has 1 aromatic carbocycles. The van der Waals surface area contributed by atoms with Crippen molar-refractivity contribution in [2.45, 2.75) is 45.4 Å². The van der Waals surface area contributed by atoms with E-state index in [0.717, 1.165) is 18.4 Å². The lowest BCUT2D eigenvalue weighted by Crippen LogP contribution is -2.00. The van der Waals surface area contributed by atoms with Crippen LogP contribution in [0.4, 0.5) is 4.39 Å². The number of hydrogen-bond acceptors (Lipinski definition) is 2. The monoisotopic (exact) mass is 277 g/mol. The van der Waals surface area contributed by atoms with Gasteiger partial charge in [-0.15, -0.1) is 0 Å². The number of unbranched alkanes of at least 4 members (excludes halogenated alkanes) is 5. The van der Waals surface area contributed by atoms with Gasteiger partial charge in [0.05, 0.1) is 13.2 Å². The molecule has 2 nitrogen and oxygen atoms in total. The second kappa shape index (κ2) is 10.3. The Hall–Kier alpha value is -1.53. The van der Waals surface area contributed by atoms with Gasteiger partial charge in [0.1, 0.15) is 0 Å². The van der Waals surface area contributed by atoms with E-state index < -0.39 is 0 Å². The summed E-state index contributed by atoms with van der Waals surface area (Å²) < 4.78 is 19.1. The first-order valence-electron chi connectivity index (χ1n) is 7.39. The average Bonchev–Trinajstić information content (AvgIpc) is 2.46. The van der Waals surface area contributed by atoms with Crippen LogP contribution in [-0.4, -0.2) is 13.2 Å². The van der Waals surface area contributed by atoms with Gasteiger partial charge in [-0.05, 0) is 24.6 Å². The highest BCUT2D eigenvalue weighted by Crippen LogP contribution is 2.19. The van der Waals surface area contributed by atoms with E-state index in [4.69, 9.17) is 10.5 Å². The molecule has 0 saturated carbocycles. The van der Waals surface area contributed by atoms with Crippen LogP contribution in [0.2, 0.25) is 0 Å². The molecule has 0 atom stereocenters. The van der Waals surface area contributed by atoms with Crippen molar-refractivity contribution in [1.29, 1.82) is 0 Å². The van der Waals surface area contributed by atoms with Crippen LogP contribution in [-0.2, 0) is 0 Å². The highest BCUT2D eigenvalue weighted by atomic mass is 19.1. The van der Waals surface area contributed by atoms with Crippen LogP contribution in [0.15, 0.2) is 18.2 Å². The molecular weight excluding hydrogens is 253 g/mol. The highest BCUT2D eigenvalue weighted by Gasteiger charge is 2.03. The van der Waals surface area contributed by atoms with E-state index in [1.165, 1.54) is 31.7 Å². The van der Waals surface area contributed by atoms with Crippen molar-refractivity contribution >= 4 is 0 Å². The molecule has 1 rings (SSSR count). The summed E-state index contributed by atoms with van der Waals surface area (Å²) in [6.07, 6.45) is 7.13. The molecule has 0 radical (unpaired) electrons. The van der Waals surface area contributed by atoms with E-state index in [1.807, 2.05) is 0 Å². The van der Waals surface area contributed by atoms with E-state index in [9.17, 15) is 4.39 Å². The molecule has 0 bridgehead atoms. The zero-order valence-electron chi connectivity index (χ0n) is 12.3. The molecule has 20 heavy (non-hydrogen) atoms. The summed E-state index contributed by atoms with van der Waals surface area (Å²) in [5.74, 6) is 5.56.